The molecule has 0 saturated heterocycles. The van der Waals surface area contributed by atoms with Crippen LogP contribution < -0.4 is 10.2 Å². The number of hydrogen-bond acceptors (Lipinski definition) is 3. The second-order valence-electron chi connectivity index (χ2n) is 9.69. The van der Waals surface area contributed by atoms with E-state index in [0.717, 1.165) is 17.7 Å². The summed E-state index contributed by atoms with van der Waals surface area (Å²) in [5.41, 5.74) is 3.00. The highest BCUT2D eigenvalue weighted by Gasteiger charge is 2.25. The van der Waals surface area contributed by atoms with E-state index in [0.29, 0.717) is 29.2 Å². The van der Waals surface area contributed by atoms with E-state index in [1.165, 1.54) is 0 Å². The minimum absolute atomic E-state index is 0.0854. The lowest BCUT2D eigenvalue weighted by atomic mass is 9.91. The molecule has 6 heteroatoms. The fraction of sp³-hybridized carbons (Fsp3) is 0.462. The van der Waals surface area contributed by atoms with Crippen molar-refractivity contribution in [3.8, 4) is 0 Å². The van der Waals surface area contributed by atoms with Crippen LogP contribution in [-0.4, -0.2) is 36.9 Å². The van der Waals surface area contributed by atoms with Crippen molar-refractivity contribution >= 4 is 34.8 Å². The van der Waals surface area contributed by atoms with Crippen molar-refractivity contribution in [3.63, 3.8) is 0 Å². The Morgan fingerprint density at radius 1 is 1.09 bits per heavy atom. The molecule has 0 fully saturated rings. The molecule has 0 bridgehead atoms. The molecule has 0 aromatic heterocycles. The summed E-state index contributed by atoms with van der Waals surface area (Å²) in [5, 5.41) is 3.35. The van der Waals surface area contributed by atoms with Gasteiger partial charge in [0.2, 0.25) is 5.91 Å². The Bertz CT molecular complexity index is 950. The first-order valence-electron chi connectivity index (χ1n) is 11.1. The number of anilines is 2. The zero-order valence-electron chi connectivity index (χ0n) is 20.3. The van der Waals surface area contributed by atoms with Gasteiger partial charge in [-0.3, -0.25) is 9.59 Å². The van der Waals surface area contributed by atoms with Crippen LogP contribution in [0.3, 0.4) is 0 Å². The summed E-state index contributed by atoms with van der Waals surface area (Å²) in [4.78, 5) is 29.9. The lowest BCUT2D eigenvalue weighted by Crippen LogP contribution is -2.39. The summed E-state index contributed by atoms with van der Waals surface area (Å²) >= 11 is 6.18. The van der Waals surface area contributed by atoms with Crippen molar-refractivity contribution in [3.05, 3.63) is 58.6 Å². The molecule has 1 N–H and O–H groups in total. The van der Waals surface area contributed by atoms with Gasteiger partial charge in [0.15, 0.2) is 0 Å². The van der Waals surface area contributed by atoms with Crippen LogP contribution in [0.25, 0.3) is 0 Å². The molecule has 32 heavy (non-hydrogen) atoms. The van der Waals surface area contributed by atoms with Gasteiger partial charge in [0, 0.05) is 44.5 Å². The average Bonchev–Trinajstić information content (AvgIpc) is 2.70. The zero-order valence-corrected chi connectivity index (χ0v) is 21.1. The summed E-state index contributed by atoms with van der Waals surface area (Å²) in [5.74, 6) is -0.121. The molecule has 174 valence electrons. The Morgan fingerprint density at radius 3 is 2.31 bits per heavy atom. The molecule has 1 atom stereocenters. The summed E-state index contributed by atoms with van der Waals surface area (Å²) < 4.78 is 0. The van der Waals surface area contributed by atoms with E-state index >= 15 is 0 Å². The van der Waals surface area contributed by atoms with Crippen LogP contribution in [0.4, 0.5) is 11.4 Å². The minimum atomic E-state index is -0.262. The number of carbonyl (C=O) groups excluding carboxylic acids is 2. The van der Waals surface area contributed by atoms with Gasteiger partial charge in [-0.1, -0.05) is 51.4 Å². The van der Waals surface area contributed by atoms with Crippen molar-refractivity contribution in [1.29, 1.82) is 0 Å². The maximum absolute atomic E-state index is 13.2. The van der Waals surface area contributed by atoms with Gasteiger partial charge < -0.3 is 15.1 Å². The SMILES string of the molecule is CC[C@H](C)N(Cc1cc(NC(=O)c2ccccc2Cl)ccc1N(C)C)C(=O)CC(C)(C)C. The topological polar surface area (TPSA) is 52.7 Å². The number of rotatable bonds is 8. The largest absolute Gasteiger partial charge is 0.377 e. The summed E-state index contributed by atoms with van der Waals surface area (Å²) in [6, 6.07) is 12.9. The Labute approximate surface area is 197 Å². The monoisotopic (exact) mass is 457 g/mol. The van der Waals surface area contributed by atoms with Crippen LogP contribution in [0.2, 0.25) is 5.02 Å². The minimum Gasteiger partial charge on any atom is -0.377 e. The first-order valence-corrected chi connectivity index (χ1v) is 11.5. The lowest BCUT2D eigenvalue weighted by molar-refractivity contribution is -0.135. The van der Waals surface area contributed by atoms with Gasteiger partial charge >= 0.3 is 0 Å². The molecule has 0 aliphatic rings. The van der Waals surface area contributed by atoms with Gasteiger partial charge in [-0.05, 0) is 54.7 Å². The first kappa shape index (κ1) is 25.7. The van der Waals surface area contributed by atoms with Crippen LogP contribution in [0, 0.1) is 5.41 Å². The van der Waals surface area contributed by atoms with E-state index in [1.54, 1.807) is 24.3 Å². The van der Waals surface area contributed by atoms with Gasteiger partial charge in [0.25, 0.3) is 5.91 Å². The van der Waals surface area contributed by atoms with E-state index in [1.807, 2.05) is 42.1 Å². The van der Waals surface area contributed by atoms with Crippen LogP contribution in [-0.2, 0) is 11.3 Å². The Balaban J connectivity index is 2.36. The fourth-order valence-corrected chi connectivity index (χ4v) is 3.74. The Kier molecular flexibility index (Phi) is 8.73. The second-order valence-corrected chi connectivity index (χ2v) is 10.1. The quantitative estimate of drug-likeness (QED) is 0.511. The number of amides is 2. The molecule has 0 radical (unpaired) electrons. The smallest absolute Gasteiger partial charge is 0.257 e. The molecule has 5 nitrogen and oxygen atoms in total. The molecular weight excluding hydrogens is 422 g/mol. The third kappa shape index (κ3) is 6.99. The first-order chi connectivity index (χ1) is 14.9. The Hall–Kier alpha value is -2.53. The molecule has 0 aliphatic heterocycles. The van der Waals surface area contributed by atoms with Crippen molar-refractivity contribution in [1.82, 2.24) is 4.90 Å². The summed E-state index contributed by atoms with van der Waals surface area (Å²) in [7, 11) is 3.96. The predicted molar refractivity (Wildman–Crippen MR) is 135 cm³/mol. The highest BCUT2D eigenvalue weighted by Crippen LogP contribution is 2.28. The number of nitrogens with one attached hydrogen (secondary N) is 1. The molecule has 2 aromatic carbocycles. The van der Waals surface area contributed by atoms with Crippen molar-refractivity contribution in [2.75, 3.05) is 24.3 Å². The highest BCUT2D eigenvalue weighted by atomic mass is 35.5. The van der Waals surface area contributed by atoms with Crippen LogP contribution in [0.15, 0.2) is 42.5 Å². The number of carbonyl (C=O) groups is 2. The third-order valence-electron chi connectivity index (χ3n) is 5.40. The molecule has 0 unspecified atom stereocenters. The van der Waals surface area contributed by atoms with Crippen molar-refractivity contribution in [2.24, 2.45) is 5.41 Å². The van der Waals surface area contributed by atoms with E-state index in [-0.39, 0.29) is 23.3 Å². The summed E-state index contributed by atoms with van der Waals surface area (Å²) in [6.45, 7) is 10.9. The molecule has 2 rings (SSSR count). The molecular formula is C26H36ClN3O2. The standard InChI is InChI=1S/C26H36ClN3O2/c1-8-18(2)30(24(31)16-26(3,4)5)17-19-15-20(13-14-23(19)29(6)7)28-25(32)21-11-9-10-12-22(21)27/h9-15,18H,8,16-17H2,1-7H3,(H,28,32)/t18-/m0/s1. The number of halogens is 1. The number of nitrogens with zero attached hydrogens (tertiary/aromatic N) is 2. The summed E-state index contributed by atoms with van der Waals surface area (Å²) in [6.07, 6.45) is 1.35. The fourth-order valence-electron chi connectivity index (χ4n) is 3.52. The van der Waals surface area contributed by atoms with Gasteiger partial charge in [-0.25, -0.2) is 0 Å². The van der Waals surface area contributed by atoms with Crippen LogP contribution in [0.1, 0.15) is 63.4 Å². The molecule has 0 spiro atoms. The maximum atomic E-state index is 13.2. The van der Waals surface area contributed by atoms with E-state index in [4.69, 9.17) is 11.6 Å². The highest BCUT2D eigenvalue weighted by molar-refractivity contribution is 6.34. The van der Waals surface area contributed by atoms with Gasteiger partial charge in [-0.15, -0.1) is 0 Å². The van der Waals surface area contributed by atoms with Crippen LogP contribution >= 0.6 is 11.6 Å². The van der Waals surface area contributed by atoms with E-state index in [9.17, 15) is 9.59 Å². The Morgan fingerprint density at radius 2 is 1.75 bits per heavy atom. The van der Waals surface area contributed by atoms with E-state index < -0.39 is 0 Å². The molecule has 0 heterocycles. The van der Waals surface area contributed by atoms with Gasteiger partial charge in [0.1, 0.15) is 0 Å². The third-order valence-corrected chi connectivity index (χ3v) is 5.73. The zero-order chi connectivity index (χ0) is 24.1. The average molecular weight is 458 g/mol. The molecule has 0 saturated carbocycles. The number of hydrogen-bond donors (Lipinski definition) is 1. The van der Waals surface area contributed by atoms with Gasteiger partial charge in [0.05, 0.1) is 10.6 Å². The van der Waals surface area contributed by atoms with Crippen molar-refractivity contribution < 1.29 is 9.59 Å². The predicted octanol–water partition coefficient (Wildman–Crippen LogP) is 6.22. The van der Waals surface area contributed by atoms with Crippen LogP contribution in [0.5, 0.6) is 0 Å². The van der Waals surface area contributed by atoms with Gasteiger partial charge in [-0.2, -0.15) is 0 Å². The maximum Gasteiger partial charge on any atom is 0.257 e. The second kappa shape index (κ2) is 10.9. The van der Waals surface area contributed by atoms with Crippen molar-refractivity contribution in [2.45, 2.75) is 60.0 Å². The normalized spacial score (nSPS) is 12.2. The molecule has 0 aliphatic carbocycles. The molecule has 2 amide bonds. The lowest BCUT2D eigenvalue weighted by Gasteiger charge is -2.33. The number of benzene rings is 2. The van der Waals surface area contributed by atoms with E-state index in [2.05, 4.69) is 39.9 Å². The molecule has 2 aromatic rings.